The highest BCUT2D eigenvalue weighted by molar-refractivity contribution is 14.1. The third kappa shape index (κ3) is 2.13. The van der Waals surface area contributed by atoms with Crippen molar-refractivity contribution in [1.29, 1.82) is 0 Å². The first-order valence-electron chi connectivity index (χ1n) is 3.18. The Morgan fingerprint density at radius 2 is 1.86 bits per heavy atom. The fourth-order valence-corrected chi connectivity index (χ4v) is 2.18. The van der Waals surface area contributed by atoms with Gasteiger partial charge in [0, 0.05) is 0 Å². The molecule has 0 saturated heterocycles. The number of halogens is 6. The third-order valence-electron chi connectivity index (χ3n) is 1.44. The lowest BCUT2D eigenvalue weighted by Gasteiger charge is -2.11. The van der Waals surface area contributed by atoms with Crippen molar-refractivity contribution in [1.82, 2.24) is 0 Å². The van der Waals surface area contributed by atoms with Gasteiger partial charge in [0.15, 0.2) is 5.82 Å². The predicted octanol–water partition coefficient (Wildman–Crippen LogP) is 3.92. The lowest BCUT2D eigenvalue weighted by Crippen LogP contribution is -2.07. The average molecular weight is 385 g/mol. The van der Waals surface area contributed by atoms with Gasteiger partial charge >= 0.3 is 6.18 Å². The molecule has 0 saturated carbocycles. The Balaban J connectivity index is 3.49. The monoisotopic (exact) mass is 384 g/mol. The van der Waals surface area contributed by atoms with Gasteiger partial charge in [-0.15, -0.1) is 0 Å². The van der Waals surface area contributed by atoms with Crippen LogP contribution in [0.2, 0.25) is 0 Å². The van der Waals surface area contributed by atoms with E-state index in [-0.39, 0.29) is 3.57 Å². The standard InChI is InChI=1S/C7H2BrF4IO/c8-4-5(9)3(13)1-2(6(4)14)7(10,11)12/h1,14H. The van der Waals surface area contributed by atoms with Crippen LogP contribution in [0.5, 0.6) is 5.75 Å². The number of phenols is 1. The first-order valence-corrected chi connectivity index (χ1v) is 5.06. The van der Waals surface area contributed by atoms with E-state index >= 15 is 0 Å². The van der Waals surface area contributed by atoms with Crippen LogP contribution < -0.4 is 0 Å². The number of phenolic OH excluding ortho intramolecular Hbond substituents is 1. The second-order valence-electron chi connectivity index (χ2n) is 2.38. The molecule has 0 atom stereocenters. The molecule has 0 spiro atoms. The Hall–Kier alpha value is -0.0500. The molecule has 1 aromatic carbocycles. The summed E-state index contributed by atoms with van der Waals surface area (Å²) in [5.41, 5.74) is -1.25. The summed E-state index contributed by atoms with van der Waals surface area (Å²) in [5, 5.41) is 9.03. The Kier molecular flexibility index (Phi) is 3.30. The van der Waals surface area contributed by atoms with Crippen LogP contribution in [0.3, 0.4) is 0 Å². The van der Waals surface area contributed by atoms with Crippen LogP contribution in [-0.2, 0) is 6.18 Å². The zero-order valence-corrected chi connectivity index (χ0v) is 10.0. The Morgan fingerprint density at radius 3 is 2.29 bits per heavy atom. The second-order valence-corrected chi connectivity index (χ2v) is 4.34. The Morgan fingerprint density at radius 1 is 1.36 bits per heavy atom. The number of hydrogen-bond donors (Lipinski definition) is 1. The molecule has 7 heteroatoms. The van der Waals surface area contributed by atoms with Crippen LogP contribution in [0, 0.1) is 9.39 Å². The quantitative estimate of drug-likeness (QED) is 0.408. The molecule has 14 heavy (non-hydrogen) atoms. The molecule has 1 aromatic rings. The van der Waals surface area contributed by atoms with Crippen LogP contribution >= 0.6 is 38.5 Å². The van der Waals surface area contributed by atoms with E-state index in [1.165, 1.54) is 22.6 Å². The highest BCUT2D eigenvalue weighted by Crippen LogP contribution is 2.42. The molecule has 78 valence electrons. The van der Waals surface area contributed by atoms with Gasteiger partial charge in [-0.25, -0.2) is 4.39 Å². The Bertz CT molecular complexity index is 377. The van der Waals surface area contributed by atoms with E-state index in [2.05, 4.69) is 15.9 Å². The molecule has 0 aliphatic heterocycles. The van der Waals surface area contributed by atoms with E-state index in [1.54, 1.807) is 0 Å². The van der Waals surface area contributed by atoms with E-state index in [0.717, 1.165) is 0 Å². The number of rotatable bonds is 0. The maximum Gasteiger partial charge on any atom is 0.420 e. The van der Waals surface area contributed by atoms with Gasteiger partial charge in [-0.2, -0.15) is 13.2 Å². The van der Waals surface area contributed by atoms with Crippen molar-refractivity contribution in [2.24, 2.45) is 0 Å². The number of alkyl halides is 3. The van der Waals surface area contributed by atoms with Gasteiger partial charge in [0.05, 0.1) is 13.6 Å². The molecule has 0 unspecified atom stereocenters. The zero-order chi connectivity index (χ0) is 11.1. The van der Waals surface area contributed by atoms with Crippen molar-refractivity contribution in [3.05, 3.63) is 25.5 Å². The van der Waals surface area contributed by atoms with E-state index in [9.17, 15) is 17.6 Å². The van der Waals surface area contributed by atoms with Crippen LogP contribution in [0.1, 0.15) is 5.56 Å². The van der Waals surface area contributed by atoms with Gasteiger partial charge in [0.1, 0.15) is 5.75 Å². The van der Waals surface area contributed by atoms with Crippen LogP contribution in [0.15, 0.2) is 10.5 Å². The van der Waals surface area contributed by atoms with Crippen LogP contribution in [-0.4, -0.2) is 5.11 Å². The summed E-state index contributed by atoms with van der Waals surface area (Å²) in [6, 6.07) is 0.552. The molecule has 1 rings (SSSR count). The number of aromatic hydroxyl groups is 1. The van der Waals surface area contributed by atoms with E-state index < -0.39 is 27.8 Å². The number of hydrogen-bond acceptors (Lipinski definition) is 1. The van der Waals surface area contributed by atoms with Gasteiger partial charge in [-0.05, 0) is 44.6 Å². The number of benzene rings is 1. The van der Waals surface area contributed by atoms with Crippen molar-refractivity contribution in [2.45, 2.75) is 6.18 Å². The topological polar surface area (TPSA) is 20.2 Å². The Labute approximate surface area is 98.4 Å². The van der Waals surface area contributed by atoms with Gasteiger partial charge in [-0.1, -0.05) is 0 Å². The highest BCUT2D eigenvalue weighted by atomic mass is 127. The molecule has 0 aromatic heterocycles. The van der Waals surface area contributed by atoms with Gasteiger partial charge < -0.3 is 5.11 Å². The smallest absolute Gasteiger partial charge is 0.420 e. The van der Waals surface area contributed by atoms with E-state index in [4.69, 9.17) is 5.11 Å². The predicted molar refractivity (Wildman–Crippen MR) is 53.5 cm³/mol. The molecule has 1 N–H and O–H groups in total. The maximum absolute atomic E-state index is 13.0. The fourth-order valence-electron chi connectivity index (χ4n) is 0.802. The lowest BCUT2D eigenvalue weighted by molar-refractivity contribution is -0.138. The molecule has 0 aliphatic carbocycles. The summed E-state index contributed by atoms with van der Waals surface area (Å²) in [7, 11) is 0. The first-order chi connectivity index (χ1) is 6.25. The van der Waals surface area contributed by atoms with Gasteiger partial charge in [-0.3, -0.25) is 0 Å². The molecule has 0 radical (unpaired) electrons. The van der Waals surface area contributed by atoms with Gasteiger partial charge in [0.2, 0.25) is 0 Å². The maximum atomic E-state index is 13.0. The third-order valence-corrected chi connectivity index (χ3v) is 2.95. The summed E-state index contributed by atoms with van der Waals surface area (Å²) in [6.45, 7) is 0. The van der Waals surface area contributed by atoms with E-state index in [1.807, 2.05) is 0 Å². The largest absolute Gasteiger partial charge is 0.506 e. The molecular weight excluding hydrogens is 383 g/mol. The van der Waals surface area contributed by atoms with E-state index in [0.29, 0.717) is 6.07 Å². The van der Waals surface area contributed by atoms with Crippen LogP contribution in [0.25, 0.3) is 0 Å². The van der Waals surface area contributed by atoms with Crippen LogP contribution in [0.4, 0.5) is 17.6 Å². The van der Waals surface area contributed by atoms with Crippen molar-refractivity contribution < 1.29 is 22.7 Å². The molecule has 0 aliphatic rings. The summed E-state index contributed by atoms with van der Waals surface area (Å²) in [4.78, 5) is 0. The minimum Gasteiger partial charge on any atom is -0.506 e. The molecular formula is C7H2BrF4IO. The average Bonchev–Trinajstić information content (AvgIpc) is 2.06. The minimum atomic E-state index is -4.69. The lowest BCUT2D eigenvalue weighted by atomic mass is 10.2. The fraction of sp³-hybridized carbons (Fsp3) is 0.143. The van der Waals surface area contributed by atoms with Crippen molar-refractivity contribution in [2.75, 3.05) is 0 Å². The van der Waals surface area contributed by atoms with Crippen molar-refractivity contribution in [3.8, 4) is 5.75 Å². The molecule has 0 heterocycles. The molecule has 0 amide bonds. The van der Waals surface area contributed by atoms with Crippen molar-refractivity contribution >= 4 is 38.5 Å². The molecule has 1 nitrogen and oxygen atoms in total. The second kappa shape index (κ2) is 3.84. The minimum absolute atomic E-state index is 0.209. The van der Waals surface area contributed by atoms with Gasteiger partial charge in [0.25, 0.3) is 0 Å². The normalized spacial score (nSPS) is 11.9. The summed E-state index contributed by atoms with van der Waals surface area (Å²) in [6.07, 6.45) is -4.69. The molecule has 0 fully saturated rings. The summed E-state index contributed by atoms with van der Waals surface area (Å²) >= 11 is 3.96. The van der Waals surface area contributed by atoms with Crippen molar-refractivity contribution in [3.63, 3.8) is 0 Å². The summed E-state index contributed by atoms with van der Waals surface area (Å²) in [5.74, 6) is -2.04. The molecule has 0 bridgehead atoms. The zero-order valence-electron chi connectivity index (χ0n) is 6.29. The highest BCUT2D eigenvalue weighted by Gasteiger charge is 2.36. The SMILES string of the molecule is Oc1c(C(F)(F)F)cc(I)c(F)c1Br. The first kappa shape index (κ1) is 12.0. The summed E-state index contributed by atoms with van der Waals surface area (Å²) < 4.78 is 48.9.